The summed E-state index contributed by atoms with van der Waals surface area (Å²) in [4.78, 5) is 15.7. The lowest BCUT2D eigenvalue weighted by atomic mass is 10.1. The number of carboxylic acid groups (broad SMARTS) is 1. The number of benzene rings is 2. The molecule has 0 bridgehead atoms. The van der Waals surface area contributed by atoms with E-state index in [0.29, 0.717) is 16.6 Å². The van der Waals surface area contributed by atoms with Crippen molar-refractivity contribution in [3.8, 4) is 6.07 Å². The monoisotopic (exact) mass is 318 g/mol. The maximum absolute atomic E-state index is 13.4. The van der Waals surface area contributed by atoms with Crippen molar-refractivity contribution in [3.63, 3.8) is 0 Å². The second-order valence-corrected chi connectivity index (χ2v) is 5.13. The minimum Gasteiger partial charge on any atom is -0.478 e. The number of hydrogen-bond acceptors (Lipinski definition) is 3. The van der Waals surface area contributed by atoms with Crippen LogP contribution >= 0.6 is 0 Å². The average molecular weight is 318 g/mol. The van der Waals surface area contributed by atoms with Gasteiger partial charge in [0.15, 0.2) is 0 Å². The van der Waals surface area contributed by atoms with E-state index in [1.807, 2.05) is 6.07 Å². The predicted molar refractivity (Wildman–Crippen MR) is 88.7 cm³/mol. The molecule has 0 aliphatic heterocycles. The number of nitriles is 1. The van der Waals surface area contributed by atoms with Crippen molar-refractivity contribution in [1.29, 1.82) is 5.26 Å². The normalized spacial score (nSPS) is 10.8. The zero-order chi connectivity index (χ0) is 17.1. The zero-order valence-corrected chi connectivity index (χ0v) is 12.4. The third-order valence-corrected chi connectivity index (χ3v) is 3.51. The molecule has 0 fully saturated rings. The third-order valence-electron chi connectivity index (χ3n) is 3.51. The highest BCUT2D eigenvalue weighted by Gasteiger charge is 2.11. The van der Waals surface area contributed by atoms with Crippen molar-refractivity contribution in [2.45, 2.75) is 0 Å². The van der Waals surface area contributed by atoms with Gasteiger partial charge in [0.25, 0.3) is 0 Å². The molecule has 4 nitrogen and oxygen atoms in total. The first kappa shape index (κ1) is 15.4. The largest absolute Gasteiger partial charge is 0.478 e. The molecule has 0 spiro atoms. The Balaban J connectivity index is 2.03. The number of pyridine rings is 1. The van der Waals surface area contributed by atoms with Crippen LogP contribution in [0, 0.1) is 17.1 Å². The van der Waals surface area contributed by atoms with Gasteiger partial charge >= 0.3 is 5.97 Å². The van der Waals surface area contributed by atoms with Gasteiger partial charge in [0.05, 0.1) is 28.4 Å². The standard InChI is InChI=1S/C19H11FN2O2/c20-14-6-8-16-17(19(23)24)10-15(22-18(16)9-14)7-5-12-1-3-13(11-21)4-2-12/h1-10H,(H,23,24). The van der Waals surface area contributed by atoms with E-state index < -0.39 is 11.8 Å². The molecule has 0 saturated heterocycles. The summed E-state index contributed by atoms with van der Waals surface area (Å²) in [6.07, 6.45) is 3.40. The first-order valence-corrected chi connectivity index (χ1v) is 7.08. The van der Waals surface area contributed by atoms with Crippen molar-refractivity contribution in [2.24, 2.45) is 0 Å². The number of fused-ring (bicyclic) bond motifs is 1. The van der Waals surface area contributed by atoms with Crippen molar-refractivity contribution in [3.05, 3.63) is 76.7 Å². The van der Waals surface area contributed by atoms with E-state index in [0.717, 1.165) is 5.56 Å². The number of carbonyl (C=O) groups is 1. The number of aromatic nitrogens is 1. The lowest BCUT2D eigenvalue weighted by molar-refractivity contribution is 0.0699. The van der Waals surface area contributed by atoms with Gasteiger partial charge in [-0.2, -0.15) is 5.26 Å². The van der Waals surface area contributed by atoms with Gasteiger partial charge < -0.3 is 5.11 Å². The van der Waals surface area contributed by atoms with Crippen LogP contribution in [0.5, 0.6) is 0 Å². The Bertz CT molecular complexity index is 1000. The zero-order valence-electron chi connectivity index (χ0n) is 12.4. The Kier molecular flexibility index (Phi) is 4.04. The van der Waals surface area contributed by atoms with E-state index in [1.165, 1.54) is 24.3 Å². The van der Waals surface area contributed by atoms with Crippen LogP contribution in [0.3, 0.4) is 0 Å². The Morgan fingerprint density at radius 1 is 1.12 bits per heavy atom. The molecule has 0 aliphatic carbocycles. The third kappa shape index (κ3) is 3.13. The van der Waals surface area contributed by atoms with E-state index in [9.17, 15) is 14.3 Å². The smallest absolute Gasteiger partial charge is 0.336 e. The molecular weight excluding hydrogens is 307 g/mol. The van der Waals surface area contributed by atoms with Crippen LogP contribution in [0.1, 0.15) is 27.2 Å². The number of halogens is 1. The Morgan fingerprint density at radius 3 is 2.54 bits per heavy atom. The molecule has 116 valence electrons. The number of aromatic carboxylic acids is 1. The van der Waals surface area contributed by atoms with Gasteiger partial charge in [-0.05, 0) is 42.0 Å². The molecule has 3 rings (SSSR count). The van der Waals surface area contributed by atoms with Gasteiger partial charge in [-0.1, -0.05) is 18.2 Å². The second kappa shape index (κ2) is 6.31. The van der Waals surface area contributed by atoms with Crippen LogP contribution in [-0.4, -0.2) is 16.1 Å². The first-order valence-electron chi connectivity index (χ1n) is 7.08. The van der Waals surface area contributed by atoms with Gasteiger partial charge in [-0.3, -0.25) is 0 Å². The number of carboxylic acids is 1. The molecule has 0 saturated carbocycles. The van der Waals surface area contributed by atoms with E-state index >= 15 is 0 Å². The fourth-order valence-corrected chi connectivity index (χ4v) is 2.33. The van der Waals surface area contributed by atoms with Crippen molar-refractivity contribution < 1.29 is 14.3 Å². The molecule has 0 unspecified atom stereocenters. The summed E-state index contributed by atoms with van der Waals surface area (Å²) in [5, 5.41) is 18.5. The number of rotatable bonds is 3. The van der Waals surface area contributed by atoms with Crippen LogP contribution in [0.4, 0.5) is 4.39 Å². The summed E-state index contributed by atoms with van der Waals surface area (Å²) in [6.45, 7) is 0. The van der Waals surface area contributed by atoms with Gasteiger partial charge in [-0.25, -0.2) is 14.2 Å². The highest BCUT2D eigenvalue weighted by atomic mass is 19.1. The molecule has 0 amide bonds. The number of nitrogens with zero attached hydrogens (tertiary/aromatic N) is 2. The Hall–Kier alpha value is -3.52. The summed E-state index contributed by atoms with van der Waals surface area (Å²) < 4.78 is 13.4. The van der Waals surface area contributed by atoms with E-state index in [4.69, 9.17) is 5.26 Å². The van der Waals surface area contributed by atoms with Gasteiger partial charge in [0.2, 0.25) is 0 Å². The first-order chi connectivity index (χ1) is 11.6. The quantitative estimate of drug-likeness (QED) is 0.788. The van der Waals surface area contributed by atoms with Crippen molar-refractivity contribution in [2.75, 3.05) is 0 Å². The molecule has 0 radical (unpaired) electrons. The lowest BCUT2D eigenvalue weighted by Gasteiger charge is -2.04. The highest BCUT2D eigenvalue weighted by Crippen LogP contribution is 2.21. The van der Waals surface area contributed by atoms with Gasteiger partial charge in [0.1, 0.15) is 5.82 Å². The molecule has 2 aromatic carbocycles. The van der Waals surface area contributed by atoms with Crippen molar-refractivity contribution >= 4 is 29.0 Å². The molecule has 1 heterocycles. The molecule has 1 aromatic heterocycles. The fourth-order valence-electron chi connectivity index (χ4n) is 2.33. The number of hydrogen-bond donors (Lipinski definition) is 1. The minimum atomic E-state index is -1.10. The van der Waals surface area contributed by atoms with E-state index in [1.54, 1.807) is 36.4 Å². The van der Waals surface area contributed by atoms with Crippen LogP contribution in [-0.2, 0) is 0 Å². The van der Waals surface area contributed by atoms with E-state index in [-0.39, 0.29) is 11.1 Å². The fraction of sp³-hybridized carbons (Fsp3) is 0. The van der Waals surface area contributed by atoms with Crippen molar-refractivity contribution in [1.82, 2.24) is 4.98 Å². The molecule has 0 aliphatic rings. The van der Waals surface area contributed by atoms with Crippen LogP contribution in [0.25, 0.3) is 23.1 Å². The van der Waals surface area contributed by atoms with Gasteiger partial charge in [0, 0.05) is 11.5 Å². The van der Waals surface area contributed by atoms with Crippen LogP contribution in [0.15, 0.2) is 48.5 Å². The summed E-state index contributed by atoms with van der Waals surface area (Å²) in [5.41, 5.74) is 2.16. The SMILES string of the molecule is N#Cc1ccc(C=Cc2cc(C(=O)O)c3ccc(F)cc3n2)cc1. The summed E-state index contributed by atoms with van der Waals surface area (Å²) in [5.74, 6) is -1.57. The highest BCUT2D eigenvalue weighted by molar-refractivity contribution is 6.03. The predicted octanol–water partition coefficient (Wildman–Crippen LogP) is 4.11. The topological polar surface area (TPSA) is 74.0 Å². The molecule has 24 heavy (non-hydrogen) atoms. The molecule has 3 aromatic rings. The lowest BCUT2D eigenvalue weighted by Crippen LogP contribution is -2.00. The van der Waals surface area contributed by atoms with E-state index in [2.05, 4.69) is 4.98 Å². The maximum atomic E-state index is 13.4. The molecule has 1 N–H and O–H groups in total. The van der Waals surface area contributed by atoms with Crippen LogP contribution in [0.2, 0.25) is 0 Å². The summed E-state index contributed by atoms with van der Waals surface area (Å²) >= 11 is 0. The maximum Gasteiger partial charge on any atom is 0.336 e. The summed E-state index contributed by atoms with van der Waals surface area (Å²) in [6, 6.07) is 14.2. The van der Waals surface area contributed by atoms with Gasteiger partial charge in [-0.15, -0.1) is 0 Å². The minimum absolute atomic E-state index is 0.0690. The molecule has 5 heteroatoms. The molecular formula is C19H11FN2O2. The Labute approximate surface area is 137 Å². The summed E-state index contributed by atoms with van der Waals surface area (Å²) in [7, 11) is 0. The molecule has 0 atom stereocenters. The Morgan fingerprint density at radius 2 is 1.88 bits per heavy atom. The second-order valence-electron chi connectivity index (χ2n) is 5.13. The van der Waals surface area contributed by atoms with Crippen LogP contribution < -0.4 is 0 Å². The average Bonchev–Trinajstić information content (AvgIpc) is 2.59.